The van der Waals surface area contributed by atoms with E-state index in [0.29, 0.717) is 5.56 Å². The maximum absolute atomic E-state index is 13.1. The molecule has 6 heteroatoms. The van der Waals surface area contributed by atoms with Crippen LogP contribution in [0.2, 0.25) is 0 Å². The zero-order chi connectivity index (χ0) is 18.8. The molecule has 27 heavy (non-hydrogen) atoms. The van der Waals surface area contributed by atoms with Gasteiger partial charge in [-0.2, -0.15) is 5.10 Å². The number of amides is 1. The summed E-state index contributed by atoms with van der Waals surface area (Å²) >= 11 is 0. The van der Waals surface area contributed by atoms with Crippen LogP contribution in [0.5, 0.6) is 0 Å². The molecule has 0 atom stereocenters. The molecule has 3 heterocycles. The minimum absolute atomic E-state index is 0.0574. The molecule has 0 N–H and O–H groups in total. The highest BCUT2D eigenvalue weighted by atomic mass is 16.2. The minimum atomic E-state index is 0.0574. The van der Waals surface area contributed by atoms with Crippen molar-refractivity contribution in [3.8, 4) is 5.82 Å². The molecule has 0 radical (unpaired) electrons. The van der Waals surface area contributed by atoms with Crippen LogP contribution in [0.25, 0.3) is 5.82 Å². The predicted octanol–water partition coefficient (Wildman–Crippen LogP) is 2.48. The van der Waals surface area contributed by atoms with E-state index >= 15 is 0 Å². The van der Waals surface area contributed by atoms with Crippen LogP contribution < -0.4 is 0 Å². The largest absolute Gasteiger partial charge is 0.336 e. The molecule has 0 unspecified atom stereocenters. The number of carbonyl (C=O) groups excluding carboxylic acids is 1. The highest BCUT2D eigenvalue weighted by Gasteiger charge is 2.26. The van der Waals surface area contributed by atoms with Crippen molar-refractivity contribution in [1.82, 2.24) is 24.1 Å². The van der Waals surface area contributed by atoms with Crippen LogP contribution in [0.4, 0.5) is 0 Å². The summed E-state index contributed by atoms with van der Waals surface area (Å²) in [5.74, 6) is 0.870. The smallest absolute Gasteiger partial charge is 0.259 e. The maximum atomic E-state index is 13.1. The number of hydrogen-bond donors (Lipinski definition) is 0. The molecule has 3 aromatic rings. The van der Waals surface area contributed by atoms with E-state index in [1.54, 1.807) is 10.9 Å². The maximum Gasteiger partial charge on any atom is 0.259 e. The Balaban J connectivity index is 1.42. The Morgan fingerprint density at radius 3 is 2.52 bits per heavy atom. The molecule has 140 valence electrons. The van der Waals surface area contributed by atoms with Gasteiger partial charge in [-0.15, -0.1) is 0 Å². The second kappa shape index (κ2) is 7.40. The van der Waals surface area contributed by atoms with Gasteiger partial charge in [-0.3, -0.25) is 14.4 Å². The first kappa shape index (κ1) is 17.5. The Hall–Kier alpha value is -2.86. The molecule has 4 rings (SSSR count). The first-order valence-electron chi connectivity index (χ1n) is 9.34. The lowest BCUT2D eigenvalue weighted by molar-refractivity contribution is 0.0628. The quantitative estimate of drug-likeness (QED) is 0.715. The molecule has 1 saturated heterocycles. The van der Waals surface area contributed by atoms with E-state index in [9.17, 15) is 4.79 Å². The molecule has 0 aliphatic carbocycles. The zero-order valence-electron chi connectivity index (χ0n) is 15.9. The molecule has 2 aromatic heterocycles. The Kier molecular flexibility index (Phi) is 4.81. The Morgan fingerprint density at radius 2 is 1.81 bits per heavy atom. The van der Waals surface area contributed by atoms with Gasteiger partial charge in [0.2, 0.25) is 0 Å². The molecule has 1 aliphatic rings. The highest BCUT2D eigenvalue weighted by Crippen LogP contribution is 2.18. The van der Waals surface area contributed by atoms with Crippen LogP contribution in [-0.2, 0) is 13.6 Å². The fraction of sp³-hybridized carbons (Fsp3) is 0.333. The van der Waals surface area contributed by atoms with Crippen LogP contribution >= 0.6 is 0 Å². The van der Waals surface area contributed by atoms with Crippen molar-refractivity contribution in [3.63, 3.8) is 0 Å². The number of carbonyl (C=O) groups is 1. The third-order valence-electron chi connectivity index (χ3n) is 5.14. The Labute approximate surface area is 159 Å². The Bertz CT molecular complexity index is 920. The summed E-state index contributed by atoms with van der Waals surface area (Å²) < 4.78 is 3.69. The zero-order valence-corrected chi connectivity index (χ0v) is 15.9. The van der Waals surface area contributed by atoms with Gasteiger partial charge in [0.1, 0.15) is 11.4 Å². The molecule has 0 saturated carbocycles. The van der Waals surface area contributed by atoms with Gasteiger partial charge in [-0.05, 0) is 24.6 Å². The second-order valence-electron chi connectivity index (χ2n) is 7.15. The van der Waals surface area contributed by atoms with Crippen LogP contribution in [0.1, 0.15) is 21.5 Å². The minimum Gasteiger partial charge on any atom is -0.336 e. The molecule has 1 amide bonds. The monoisotopic (exact) mass is 363 g/mol. The number of hydrogen-bond acceptors (Lipinski definition) is 3. The third-order valence-corrected chi connectivity index (χ3v) is 5.14. The van der Waals surface area contributed by atoms with E-state index in [-0.39, 0.29) is 5.91 Å². The van der Waals surface area contributed by atoms with Crippen LogP contribution in [0, 0.1) is 6.92 Å². The van der Waals surface area contributed by atoms with E-state index in [1.165, 1.54) is 11.1 Å². The molecule has 0 bridgehead atoms. The van der Waals surface area contributed by atoms with Crippen molar-refractivity contribution in [2.75, 3.05) is 26.2 Å². The van der Waals surface area contributed by atoms with Gasteiger partial charge in [0.25, 0.3) is 5.91 Å². The van der Waals surface area contributed by atoms with Gasteiger partial charge in [0.15, 0.2) is 0 Å². The molecule has 0 spiro atoms. The molecule has 1 aromatic carbocycles. The topological polar surface area (TPSA) is 46.3 Å². The number of benzene rings is 1. The van der Waals surface area contributed by atoms with Gasteiger partial charge < -0.3 is 9.47 Å². The van der Waals surface area contributed by atoms with Crippen molar-refractivity contribution in [1.29, 1.82) is 0 Å². The van der Waals surface area contributed by atoms with Gasteiger partial charge >= 0.3 is 0 Å². The number of nitrogens with zero attached hydrogens (tertiary/aromatic N) is 5. The normalized spacial score (nSPS) is 15.3. The lowest BCUT2D eigenvalue weighted by Crippen LogP contribution is -2.48. The van der Waals surface area contributed by atoms with Crippen molar-refractivity contribution < 1.29 is 4.79 Å². The SMILES string of the molecule is Cc1cccc(CN2CCN(C(=O)c3cnn(C)c3-n3cccc3)CC2)c1. The van der Waals surface area contributed by atoms with Gasteiger partial charge in [0, 0.05) is 52.2 Å². The van der Waals surface area contributed by atoms with E-state index in [2.05, 4.69) is 41.2 Å². The fourth-order valence-corrected chi connectivity index (χ4v) is 3.71. The predicted molar refractivity (Wildman–Crippen MR) is 105 cm³/mol. The summed E-state index contributed by atoms with van der Waals surface area (Å²) in [6.07, 6.45) is 5.55. The van der Waals surface area contributed by atoms with Crippen LogP contribution in [-0.4, -0.2) is 56.2 Å². The number of piperazine rings is 1. The standard InChI is InChI=1S/C21H25N5O/c1-17-6-5-7-18(14-17)16-24-10-12-26(13-11-24)21(27)19-15-22-23(2)20(19)25-8-3-4-9-25/h3-9,14-15H,10-13,16H2,1-2H3. The lowest BCUT2D eigenvalue weighted by Gasteiger charge is -2.34. The van der Waals surface area contributed by atoms with E-state index < -0.39 is 0 Å². The van der Waals surface area contributed by atoms with Crippen LogP contribution in [0.15, 0.2) is 55.0 Å². The lowest BCUT2D eigenvalue weighted by atomic mass is 10.1. The summed E-state index contributed by atoms with van der Waals surface area (Å²) in [6, 6.07) is 12.5. The number of rotatable bonds is 4. The van der Waals surface area contributed by atoms with Gasteiger partial charge in [0.05, 0.1) is 6.20 Å². The van der Waals surface area contributed by atoms with E-state index in [4.69, 9.17) is 0 Å². The summed E-state index contributed by atoms with van der Waals surface area (Å²) in [4.78, 5) is 17.4. The third kappa shape index (κ3) is 3.66. The molecule has 1 fully saturated rings. The summed E-state index contributed by atoms with van der Waals surface area (Å²) in [6.45, 7) is 6.31. The van der Waals surface area contributed by atoms with Gasteiger partial charge in [-0.1, -0.05) is 29.8 Å². The Morgan fingerprint density at radius 1 is 1.07 bits per heavy atom. The van der Waals surface area contributed by atoms with Crippen molar-refractivity contribution >= 4 is 5.91 Å². The molecule has 6 nitrogen and oxygen atoms in total. The second-order valence-corrected chi connectivity index (χ2v) is 7.15. The van der Waals surface area contributed by atoms with Crippen molar-refractivity contribution in [2.24, 2.45) is 7.05 Å². The summed E-state index contributed by atoms with van der Waals surface area (Å²) in [7, 11) is 1.87. The highest BCUT2D eigenvalue weighted by molar-refractivity contribution is 5.97. The number of aryl methyl sites for hydroxylation is 2. The first-order valence-corrected chi connectivity index (χ1v) is 9.34. The number of aromatic nitrogens is 3. The van der Waals surface area contributed by atoms with Gasteiger partial charge in [-0.25, -0.2) is 0 Å². The average Bonchev–Trinajstić information content (AvgIpc) is 3.31. The molecule has 1 aliphatic heterocycles. The summed E-state index contributed by atoms with van der Waals surface area (Å²) in [5, 5.41) is 4.31. The van der Waals surface area contributed by atoms with Crippen molar-refractivity contribution in [3.05, 3.63) is 71.7 Å². The van der Waals surface area contributed by atoms with Crippen LogP contribution in [0.3, 0.4) is 0 Å². The molecular weight excluding hydrogens is 338 g/mol. The van der Waals surface area contributed by atoms with E-state index in [1.807, 2.05) is 41.0 Å². The van der Waals surface area contributed by atoms with Crippen molar-refractivity contribution in [2.45, 2.75) is 13.5 Å². The summed E-state index contributed by atoms with van der Waals surface area (Å²) in [5.41, 5.74) is 3.27. The molecular formula is C21H25N5O. The average molecular weight is 363 g/mol. The fourth-order valence-electron chi connectivity index (χ4n) is 3.71. The first-order chi connectivity index (χ1) is 13.1. The van der Waals surface area contributed by atoms with E-state index in [0.717, 1.165) is 38.5 Å².